The molecule has 2 aromatic heterocycles. The van der Waals surface area contributed by atoms with Gasteiger partial charge in [0.25, 0.3) is 0 Å². The predicted molar refractivity (Wildman–Crippen MR) is 106 cm³/mol. The number of hydrogen-bond acceptors (Lipinski definition) is 5. The van der Waals surface area contributed by atoms with Gasteiger partial charge in [-0.25, -0.2) is 4.98 Å². The Balaban J connectivity index is 1.82. The molecule has 0 saturated carbocycles. The molecule has 5 nitrogen and oxygen atoms in total. The molecule has 3 rings (SSSR count). The van der Waals surface area contributed by atoms with E-state index in [-0.39, 0.29) is 0 Å². The van der Waals surface area contributed by atoms with Crippen LogP contribution in [0.4, 0.5) is 0 Å². The van der Waals surface area contributed by atoms with Crippen LogP contribution in [0.15, 0.2) is 47.8 Å². The molecule has 26 heavy (non-hydrogen) atoms. The van der Waals surface area contributed by atoms with E-state index >= 15 is 0 Å². The molecular weight excluding hydrogens is 368 g/mol. The number of pyridine rings is 1. The minimum atomic E-state index is 0.506. The maximum absolute atomic E-state index is 5.85. The lowest BCUT2D eigenvalue weighted by Crippen LogP contribution is -2.02. The SMILES string of the molecule is CCCCn1c(SCc2ccc(Cl)nc2)nnc1-c1ccc(OC)cc1. The smallest absolute Gasteiger partial charge is 0.191 e. The lowest BCUT2D eigenvalue weighted by atomic mass is 10.2. The summed E-state index contributed by atoms with van der Waals surface area (Å²) in [4.78, 5) is 4.13. The lowest BCUT2D eigenvalue weighted by molar-refractivity contribution is 0.415. The molecule has 0 aliphatic carbocycles. The third-order valence-electron chi connectivity index (χ3n) is 3.96. The first kappa shape index (κ1) is 18.7. The minimum absolute atomic E-state index is 0.506. The van der Waals surface area contributed by atoms with Crippen molar-refractivity contribution in [2.24, 2.45) is 0 Å². The molecule has 0 spiro atoms. The second kappa shape index (κ2) is 9.05. The first-order valence-electron chi connectivity index (χ1n) is 8.52. The molecule has 0 atom stereocenters. The molecule has 0 aliphatic rings. The number of methoxy groups -OCH3 is 1. The van der Waals surface area contributed by atoms with Crippen LogP contribution in [0.5, 0.6) is 5.75 Å². The molecule has 3 aromatic rings. The van der Waals surface area contributed by atoms with E-state index in [2.05, 4.69) is 26.7 Å². The highest BCUT2D eigenvalue weighted by atomic mass is 35.5. The van der Waals surface area contributed by atoms with Gasteiger partial charge in [-0.1, -0.05) is 42.8 Å². The normalized spacial score (nSPS) is 10.9. The average molecular weight is 389 g/mol. The Morgan fingerprint density at radius 1 is 1.12 bits per heavy atom. The van der Waals surface area contributed by atoms with Crippen LogP contribution in [0, 0.1) is 0 Å². The van der Waals surface area contributed by atoms with Gasteiger partial charge in [-0.2, -0.15) is 0 Å². The van der Waals surface area contributed by atoms with E-state index in [9.17, 15) is 0 Å². The van der Waals surface area contributed by atoms with Crippen molar-refractivity contribution in [3.63, 3.8) is 0 Å². The van der Waals surface area contributed by atoms with Crippen molar-refractivity contribution in [3.05, 3.63) is 53.3 Å². The first-order valence-corrected chi connectivity index (χ1v) is 9.88. The van der Waals surface area contributed by atoms with Crippen molar-refractivity contribution in [1.29, 1.82) is 0 Å². The van der Waals surface area contributed by atoms with Crippen LogP contribution in [0.1, 0.15) is 25.3 Å². The Bertz CT molecular complexity index is 834. The van der Waals surface area contributed by atoms with Gasteiger partial charge in [0.15, 0.2) is 11.0 Å². The van der Waals surface area contributed by atoms with Gasteiger partial charge in [-0.05, 0) is 42.3 Å². The Morgan fingerprint density at radius 3 is 2.58 bits per heavy atom. The van der Waals surface area contributed by atoms with Crippen LogP contribution in [0.25, 0.3) is 11.4 Å². The van der Waals surface area contributed by atoms with Gasteiger partial charge in [-0.15, -0.1) is 10.2 Å². The van der Waals surface area contributed by atoms with E-state index in [0.717, 1.165) is 53.0 Å². The second-order valence-electron chi connectivity index (χ2n) is 5.82. The molecule has 0 radical (unpaired) electrons. The number of nitrogens with zero attached hydrogens (tertiary/aromatic N) is 4. The summed E-state index contributed by atoms with van der Waals surface area (Å²) < 4.78 is 7.43. The Hall–Kier alpha value is -2.05. The number of rotatable bonds is 8. The maximum Gasteiger partial charge on any atom is 0.191 e. The number of thioether (sulfide) groups is 1. The lowest BCUT2D eigenvalue weighted by Gasteiger charge is -2.10. The number of hydrogen-bond donors (Lipinski definition) is 0. The molecule has 2 heterocycles. The highest BCUT2D eigenvalue weighted by Crippen LogP contribution is 2.28. The van der Waals surface area contributed by atoms with Crippen LogP contribution >= 0.6 is 23.4 Å². The highest BCUT2D eigenvalue weighted by Gasteiger charge is 2.14. The van der Waals surface area contributed by atoms with E-state index in [4.69, 9.17) is 16.3 Å². The summed E-state index contributed by atoms with van der Waals surface area (Å²) in [5.41, 5.74) is 2.14. The van der Waals surface area contributed by atoms with Crippen molar-refractivity contribution in [2.75, 3.05) is 7.11 Å². The molecule has 0 fully saturated rings. The standard InChI is InChI=1S/C19H21ClN4OS/c1-3-4-11-24-18(15-6-8-16(25-2)9-7-15)22-23-19(24)26-13-14-5-10-17(20)21-12-14/h5-10,12H,3-4,11,13H2,1-2H3. The highest BCUT2D eigenvalue weighted by molar-refractivity contribution is 7.98. The van der Waals surface area contributed by atoms with Crippen LogP contribution in [0.2, 0.25) is 5.15 Å². The Kier molecular flexibility index (Phi) is 6.52. The van der Waals surface area contributed by atoms with E-state index < -0.39 is 0 Å². The minimum Gasteiger partial charge on any atom is -0.497 e. The summed E-state index contributed by atoms with van der Waals surface area (Å²) in [5.74, 6) is 2.49. The van der Waals surface area contributed by atoms with E-state index in [1.54, 1.807) is 25.1 Å². The topological polar surface area (TPSA) is 52.8 Å². The molecule has 0 bridgehead atoms. The molecule has 0 N–H and O–H groups in total. The van der Waals surface area contributed by atoms with Crippen molar-refractivity contribution in [1.82, 2.24) is 19.7 Å². The van der Waals surface area contributed by atoms with Crippen LogP contribution < -0.4 is 4.74 Å². The first-order chi connectivity index (χ1) is 12.7. The van der Waals surface area contributed by atoms with Gasteiger partial charge in [0.05, 0.1) is 7.11 Å². The molecule has 0 saturated heterocycles. The monoisotopic (exact) mass is 388 g/mol. The summed E-state index contributed by atoms with van der Waals surface area (Å²) in [6.07, 6.45) is 4.00. The molecule has 7 heteroatoms. The summed E-state index contributed by atoms with van der Waals surface area (Å²) >= 11 is 7.51. The molecule has 0 amide bonds. The van der Waals surface area contributed by atoms with E-state index in [1.165, 1.54) is 0 Å². The fourth-order valence-electron chi connectivity index (χ4n) is 2.51. The predicted octanol–water partition coefficient (Wildman–Crippen LogP) is 5.09. The fourth-order valence-corrected chi connectivity index (χ4v) is 3.52. The maximum atomic E-state index is 5.85. The number of ether oxygens (including phenoxy) is 1. The number of benzene rings is 1. The molecule has 136 valence electrons. The van der Waals surface area contributed by atoms with E-state index in [0.29, 0.717) is 5.15 Å². The van der Waals surface area contributed by atoms with Crippen molar-refractivity contribution < 1.29 is 4.74 Å². The van der Waals surface area contributed by atoms with Crippen LogP contribution in [-0.4, -0.2) is 26.9 Å². The second-order valence-corrected chi connectivity index (χ2v) is 7.15. The van der Waals surface area contributed by atoms with Gasteiger partial charge < -0.3 is 9.30 Å². The zero-order valence-electron chi connectivity index (χ0n) is 14.9. The Labute approximate surface area is 162 Å². The van der Waals surface area contributed by atoms with Crippen molar-refractivity contribution >= 4 is 23.4 Å². The van der Waals surface area contributed by atoms with Crippen molar-refractivity contribution in [3.8, 4) is 17.1 Å². The number of unbranched alkanes of at least 4 members (excludes halogenated alkanes) is 1. The van der Waals surface area contributed by atoms with Crippen LogP contribution in [0.3, 0.4) is 0 Å². The quantitative estimate of drug-likeness (QED) is 0.397. The summed E-state index contributed by atoms with van der Waals surface area (Å²) in [7, 11) is 1.67. The Morgan fingerprint density at radius 2 is 1.92 bits per heavy atom. The van der Waals surface area contributed by atoms with Crippen molar-refractivity contribution in [2.45, 2.75) is 37.2 Å². The number of halogens is 1. The molecule has 1 aromatic carbocycles. The van der Waals surface area contributed by atoms with E-state index in [1.807, 2.05) is 36.4 Å². The van der Waals surface area contributed by atoms with Crippen LogP contribution in [-0.2, 0) is 12.3 Å². The number of aromatic nitrogens is 4. The summed E-state index contributed by atoms with van der Waals surface area (Å²) in [6.45, 7) is 3.08. The summed E-state index contributed by atoms with van der Waals surface area (Å²) in [5, 5.41) is 10.3. The third kappa shape index (κ3) is 4.56. The van der Waals surface area contributed by atoms with Gasteiger partial charge in [-0.3, -0.25) is 0 Å². The average Bonchev–Trinajstić information content (AvgIpc) is 3.08. The summed E-state index contributed by atoms with van der Waals surface area (Å²) in [6, 6.07) is 11.7. The molecular formula is C19H21ClN4OS. The fraction of sp³-hybridized carbons (Fsp3) is 0.316. The van der Waals surface area contributed by atoms with Gasteiger partial charge in [0, 0.05) is 24.1 Å². The third-order valence-corrected chi connectivity index (χ3v) is 5.22. The molecule has 0 unspecified atom stereocenters. The van der Waals surface area contributed by atoms with Gasteiger partial charge in [0.2, 0.25) is 0 Å². The molecule has 0 aliphatic heterocycles. The zero-order valence-corrected chi connectivity index (χ0v) is 16.4. The van der Waals surface area contributed by atoms with Gasteiger partial charge >= 0.3 is 0 Å². The zero-order chi connectivity index (χ0) is 18.4. The van der Waals surface area contributed by atoms with Gasteiger partial charge in [0.1, 0.15) is 10.9 Å². The largest absolute Gasteiger partial charge is 0.497 e.